The molecule has 94 valence electrons. The Morgan fingerprint density at radius 2 is 2.17 bits per heavy atom. The lowest BCUT2D eigenvalue weighted by atomic mass is 10.2. The van der Waals surface area contributed by atoms with E-state index in [1.807, 2.05) is 13.0 Å². The van der Waals surface area contributed by atoms with E-state index in [1.54, 1.807) is 12.1 Å². The summed E-state index contributed by atoms with van der Waals surface area (Å²) in [5.74, 6) is -0.180. The first kappa shape index (κ1) is 12.4. The van der Waals surface area contributed by atoms with E-state index in [0.29, 0.717) is 10.8 Å². The van der Waals surface area contributed by atoms with E-state index >= 15 is 0 Å². The van der Waals surface area contributed by atoms with E-state index in [9.17, 15) is 4.79 Å². The summed E-state index contributed by atoms with van der Waals surface area (Å²) in [5, 5.41) is 4.69. The summed E-state index contributed by atoms with van der Waals surface area (Å²) < 4.78 is 6.06. The van der Waals surface area contributed by atoms with Crippen molar-refractivity contribution in [3.05, 3.63) is 40.5 Å². The number of hydrogen-bond acceptors (Lipinski definition) is 4. The first-order valence-corrected chi connectivity index (χ1v) is 5.61. The van der Waals surface area contributed by atoms with Gasteiger partial charge in [0.25, 0.3) is 0 Å². The summed E-state index contributed by atoms with van der Waals surface area (Å²) in [4.78, 5) is 11.4. The molecule has 0 saturated heterocycles. The van der Waals surface area contributed by atoms with Crippen molar-refractivity contribution in [1.29, 1.82) is 0 Å². The van der Waals surface area contributed by atoms with Crippen LogP contribution in [0.5, 0.6) is 0 Å². The van der Waals surface area contributed by atoms with E-state index in [1.165, 1.54) is 17.9 Å². The van der Waals surface area contributed by atoms with Crippen molar-refractivity contribution in [2.24, 2.45) is 0 Å². The second-order valence-corrected chi connectivity index (χ2v) is 4.23. The molecule has 0 spiro atoms. The highest BCUT2D eigenvalue weighted by Gasteiger charge is 2.15. The van der Waals surface area contributed by atoms with E-state index < -0.39 is 5.97 Å². The number of ether oxygens (including phenoxy) is 1. The van der Waals surface area contributed by atoms with Crippen molar-refractivity contribution < 1.29 is 9.53 Å². The molecule has 0 aliphatic heterocycles. The van der Waals surface area contributed by atoms with Crippen molar-refractivity contribution in [2.45, 2.75) is 6.92 Å². The van der Waals surface area contributed by atoms with Crippen LogP contribution in [0.3, 0.4) is 0 Å². The van der Waals surface area contributed by atoms with Gasteiger partial charge in [0.2, 0.25) is 0 Å². The summed E-state index contributed by atoms with van der Waals surface area (Å²) >= 11 is 5.94. The van der Waals surface area contributed by atoms with Crippen molar-refractivity contribution in [1.82, 2.24) is 9.78 Å². The zero-order valence-electron chi connectivity index (χ0n) is 9.98. The molecule has 0 aliphatic carbocycles. The number of nitrogens with two attached hydrogens (primary N) is 1. The number of carbonyl (C=O) groups excluding carboxylic acids is 1. The second-order valence-electron chi connectivity index (χ2n) is 3.79. The van der Waals surface area contributed by atoms with Crippen LogP contribution in [0.25, 0.3) is 5.69 Å². The molecule has 1 aromatic heterocycles. The van der Waals surface area contributed by atoms with Crippen molar-refractivity contribution in [2.75, 3.05) is 12.8 Å². The van der Waals surface area contributed by atoms with Crippen LogP contribution >= 0.6 is 11.6 Å². The van der Waals surface area contributed by atoms with E-state index in [0.717, 1.165) is 11.3 Å². The van der Waals surface area contributed by atoms with Crippen LogP contribution in [0.15, 0.2) is 24.3 Å². The highest BCUT2D eigenvalue weighted by atomic mass is 35.5. The smallest absolute Gasteiger partial charge is 0.358 e. The van der Waals surface area contributed by atoms with Crippen LogP contribution < -0.4 is 5.73 Å². The van der Waals surface area contributed by atoms with Gasteiger partial charge in [-0.1, -0.05) is 17.7 Å². The van der Waals surface area contributed by atoms with Gasteiger partial charge in [0, 0.05) is 11.1 Å². The van der Waals surface area contributed by atoms with Gasteiger partial charge in [-0.25, -0.2) is 9.48 Å². The van der Waals surface area contributed by atoms with Crippen LogP contribution in [0.4, 0.5) is 5.82 Å². The number of hydrogen-bond donors (Lipinski definition) is 1. The van der Waals surface area contributed by atoms with Crippen LogP contribution in [0.2, 0.25) is 5.02 Å². The molecule has 0 fully saturated rings. The lowest BCUT2D eigenvalue weighted by Gasteiger charge is -2.07. The van der Waals surface area contributed by atoms with Crippen LogP contribution in [0, 0.1) is 6.92 Å². The molecule has 2 N–H and O–H groups in total. The molecule has 1 heterocycles. The first-order valence-electron chi connectivity index (χ1n) is 5.23. The number of halogens is 1. The molecule has 6 heteroatoms. The molecule has 0 aliphatic rings. The average molecular weight is 266 g/mol. The van der Waals surface area contributed by atoms with E-state index in [2.05, 4.69) is 9.84 Å². The lowest BCUT2D eigenvalue weighted by molar-refractivity contribution is 0.0593. The zero-order valence-corrected chi connectivity index (χ0v) is 10.7. The minimum Gasteiger partial charge on any atom is -0.464 e. The number of esters is 1. The Labute approximate surface area is 109 Å². The van der Waals surface area contributed by atoms with Gasteiger partial charge in [-0.05, 0) is 24.6 Å². The maximum absolute atomic E-state index is 11.4. The number of methoxy groups -OCH3 is 1. The number of benzene rings is 1. The molecule has 0 radical (unpaired) electrons. The predicted molar refractivity (Wildman–Crippen MR) is 69.1 cm³/mol. The van der Waals surface area contributed by atoms with Crippen LogP contribution in [-0.2, 0) is 4.74 Å². The quantitative estimate of drug-likeness (QED) is 0.845. The molecule has 1 aromatic carbocycles. The molecule has 0 unspecified atom stereocenters. The van der Waals surface area contributed by atoms with Crippen LogP contribution in [0.1, 0.15) is 16.1 Å². The number of rotatable bonds is 2. The third-order valence-electron chi connectivity index (χ3n) is 2.53. The number of nitrogen functional groups attached to an aromatic ring is 1. The SMILES string of the molecule is COC(=O)c1cc(N)n(-c2cc(Cl)ccc2C)n1. The van der Waals surface area contributed by atoms with Gasteiger partial charge < -0.3 is 10.5 Å². The Bertz CT molecular complexity index is 607. The van der Waals surface area contributed by atoms with E-state index in [-0.39, 0.29) is 5.69 Å². The normalized spacial score (nSPS) is 10.4. The minimum atomic E-state index is -0.528. The molecule has 0 amide bonds. The molecule has 5 nitrogen and oxygen atoms in total. The van der Waals surface area contributed by atoms with Gasteiger partial charge in [-0.15, -0.1) is 0 Å². The highest BCUT2D eigenvalue weighted by Crippen LogP contribution is 2.22. The molecule has 2 rings (SSSR count). The monoisotopic (exact) mass is 265 g/mol. The summed E-state index contributed by atoms with van der Waals surface area (Å²) in [6.07, 6.45) is 0. The molecule has 0 saturated carbocycles. The summed E-state index contributed by atoms with van der Waals surface area (Å²) in [6, 6.07) is 6.84. The second kappa shape index (κ2) is 4.70. The zero-order chi connectivity index (χ0) is 13.3. The van der Waals surface area contributed by atoms with Crippen LogP contribution in [-0.4, -0.2) is 22.9 Å². The topological polar surface area (TPSA) is 70.1 Å². The van der Waals surface area contributed by atoms with Crippen molar-refractivity contribution in [3.63, 3.8) is 0 Å². The predicted octanol–water partition coefficient (Wildman–Crippen LogP) is 2.20. The number of aryl methyl sites for hydroxylation is 1. The largest absolute Gasteiger partial charge is 0.464 e. The molecule has 0 bridgehead atoms. The maximum atomic E-state index is 11.4. The Hall–Kier alpha value is -2.01. The Kier molecular flexibility index (Phi) is 3.25. The number of nitrogens with zero attached hydrogens (tertiary/aromatic N) is 2. The van der Waals surface area contributed by atoms with Gasteiger partial charge in [-0.3, -0.25) is 0 Å². The van der Waals surface area contributed by atoms with Crippen molar-refractivity contribution >= 4 is 23.4 Å². The fraction of sp³-hybridized carbons (Fsp3) is 0.167. The Morgan fingerprint density at radius 3 is 2.83 bits per heavy atom. The fourth-order valence-electron chi connectivity index (χ4n) is 1.60. The maximum Gasteiger partial charge on any atom is 0.358 e. The third kappa shape index (κ3) is 2.17. The van der Waals surface area contributed by atoms with Gasteiger partial charge in [-0.2, -0.15) is 5.10 Å². The minimum absolute atomic E-state index is 0.161. The Morgan fingerprint density at radius 1 is 1.44 bits per heavy atom. The van der Waals surface area contributed by atoms with Gasteiger partial charge >= 0.3 is 5.97 Å². The lowest BCUT2D eigenvalue weighted by Crippen LogP contribution is -2.06. The molecule has 18 heavy (non-hydrogen) atoms. The van der Waals surface area contributed by atoms with Crippen molar-refractivity contribution in [3.8, 4) is 5.69 Å². The molecule has 2 aromatic rings. The summed E-state index contributed by atoms with van der Waals surface area (Å²) in [5.41, 5.74) is 7.68. The van der Waals surface area contributed by atoms with Gasteiger partial charge in [0.15, 0.2) is 5.69 Å². The summed E-state index contributed by atoms with van der Waals surface area (Å²) in [7, 11) is 1.29. The standard InChI is InChI=1S/C12H12ClN3O2/c1-7-3-4-8(13)5-10(7)16-11(14)6-9(15-16)12(17)18-2/h3-6H,14H2,1-2H3. The van der Waals surface area contributed by atoms with Gasteiger partial charge in [0.1, 0.15) is 5.82 Å². The first-order chi connectivity index (χ1) is 8.52. The van der Waals surface area contributed by atoms with E-state index in [4.69, 9.17) is 17.3 Å². The third-order valence-corrected chi connectivity index (χ3v) is 2.77. The molecular weight excluding hydrogens is 254 g/mol. The fourth-order valence-corrected chi connectivity index (χ4v) is 1.77. The van der Waals surface area contributed by atoms with Gasteiger partial charge in [0.05, 0.1) is 12.8 Å². The average Bonchev–Trinajstić information content (AvgIpc) is 2.73. The highest BCUT2D eigenvalue weighted by molar-refractivity contribution is 6.30. The summed E-state index contributed by atoms with van der Waals surface area (Å²) in [6.45, 7) is 1.91. The molecular formula is C12H12ClN3O2. The number of aromatic nitrogens is 2. The number of carbonyl (C=O) groups is 1. The Balaban J connectivity index is 2.54. The number of anilines is 1. The molecule has 0 atom stereocenters.